The molecule has 0 bridgehead atoms. The van der Waals surface area contributed by atoms with Gasteiger partial charge >= 0.3 is 0 Å². The maximum atomic E-state index is 15.0. The molecule has 3 atom stereocenters. The Kier molecular flexibility index (Phi) is 22.3. The summed E-state index contributed by atoms with van der Waals surface area (Å²) in [5, 5.41) is 39.6. The number of aromatic nitrogens is 12. The molecule has 6 saturated carbocycles. The molecule has 6 N–H and O–H groups in total. The fraction of sp³-hybridized carbons (Fsp3) is 0.542. The van der Waals surface area contributed by atoms with E-state index in [0.717, 1.165) is 141 Å². The maximum Gasteiger partial charge on any atom is 0.262 e. The predicted octanol–water partition coefficient (Wildman–Crippen LogP) is 8.53. The van der Waals surface area contributed by atoms with Gasteiger partial charge in [-0.3, -0.25) is 24.2 Å². The first-order valence-electron chi connectivity index (χ1n) is 39.1. The first-order valence-corrected chi connectivity index (χ1v) is 41.1. The van der Waals surface area contributed by atoms with Crippen LogP contribution in [0.5, 0.6) is 0 Å². The number of halogens is 1. The molecule has 3 unspecified atom stereocenters. The Morgan fingerprint density at radius 2 is 0.893 bits per heavy atom. The Morgan fingerprint density at radius 3 is 1.28 bits per heavy atom. The first-order chi connectivity index (χ1) is 54.3. The number of alkyl halides is 1. The number of aliphatic imine (C=N–C) groups is 2. The third kappa shape index (κ3) is 14.4. The van der Waals surface area contributed by atoms with Crippen LogP contribution in [0.25, 0.3) is 0 Å². The highest BCUT2D eigenvalue weighted by Crippen LogP contribution is 2.65. The topological polar surface area (TPSA) is 309 Å². The summed E-state index contributed by atoms with van der Waals surface area (Å²) < 4.78 is 24.4. The summed E-state index contributed by atoms with van der Waals surface area (Å²) in [7, 11) is 14.4. The van der Waals surface area contributed by atoms with Crippen molar-refractivity contribution in [1.82, 2.24) is 79.5 Å². The molecule has 6 spiro atoms. The van der Waals surface area contributed by atoms with Crippen LogP contribution in [0.3, 0.4) is 0 Å². The predicted molar refractivity (Wildman–Crippen MR) is 428 cm³/mol. The van der Waals surface area contributed by atoms with E-state index >= 15 is 4.79 Å². The molecule has 26 nitrogen and oxygen atoms in total. The number of benzene rings is 3. The fourth-order valence-corrected chi connectivity index (χ4v) is 20.1. The summed E-state index contributed by atoms with van der Waals surface area (Å²) in [5.74, 6) is 25.9. The number of nitrogens with one attached hydrogen (secondary N) is 2. The Labute approximate surface area is 669 Å². The Morgan fingerprint density at radius 1 is 0.518 bits per heavy atom. The molecule has 7 aromatic rings. The van der Waals surface area contributed by atoms with Gasteiger partial charge in [0.25, 0.3) is 17.7 Å². The van der Waals surface area contributed by atoms with Crippen LogP contribution < -0.4 is 22.1 Å². The van der Waals surface area contributed by atoms with Gasteiger partial charge in [0.05, 0.1) is 43.0 Å². The molecule has 29 heteroatoms. The second-order valence-electron chi connectivity index (χ2n) is 32.0. The average molecular weight is 1570 g/mol. The summed E-state index contributed by atoms with van der Waals surface area (Å²) in [6.45, 7) is 0.550. The van der Waals surface area contributed by atoms with Crippen molar-refractivity contribution in [3.05, 3.63) is 153 Å². The number of nitrogens with two attached hydrogens (primary N) is 2. The molecular weight excluding hydrogens is 1470 g/mol. The third-order valence-electron chi connectivity index (χ3n) is 25.4. The molecule has 3 aromatic carbocycles. The number of carbonyl (C=O) groups excluding carboxylic acids is 3. The summed E-state index contributed by atoms with van der Waals surface area (Å²) >= 11 is 12.3. The number of amidine groups is 1. The van der Waals surface area contributed by atoms with E-state index in [9.17, 15) is 9.59 Å². The smallest absolute Gasteiger partial charge is 0.262 e. The molecule has 9 aliphatic carbocycles. The van der Waals surface area contributed by atoms with Gasteiger partial charge in [-0.05, 0) is 224 Å². The molecule has 586 valence electrons. The number of hydrogen-bond acceptors (Lipinski definition) is 20. The van der Waals surface area contributed by atoms with Crippen molar-refractivity contribution in [2.45, 2.75) is 194 Å². The standard InChI is InChI=1S/C30H34N8O2S.C26H30N6O2.C22H24N2O2S.C4H6ClN3.CH5N/c1-36-18-31-34-25(36)16-38-27(39)30(33-28(38)41-17-26-35-32-19-37(26)2)24-14-21(7-6-20-4-5-20)8-9-22(24)15-29(30)12-10-23(40-3)11-13-29;1-31-16-28-30-22(31)15-32-23(33)26(29-24(32)27)21-13-18(6-5-17-3-4-17)7-8-19(21)14-25(26)11-9-20(34-2)10-12-25;1-26-17-8-10-21(11-9-17)13-16-7-6-15(5-4-14-2-3-14)12-18(16)22(21)19(25)23-20(27)24-22;1-8-3-6-7-4(8)2-5;1-2/h8-9,14,18-20,23H,4-5,10-13,15-17H2,1-3H3;7-8,13,16-17,20H,3-4,9-12,14-15H2,1-2H3,(H2,27,29);6-7,12,14,17H,2-3,8-11,13H2,1H3,(H2,23,24,25,27);3H,2H2,1H3;2H2,1H3. The summed E-state index contributed by atoms with van der Waals surface area (Å²) in [6.07, 6.45) is 28.0. The van der Waals surface area contributed by atoms with Crippen LogP contribution in [0.2, 0.25) is 0 Å². The normalized spacial score (nSPS) is 27.9. The Balaban J connectivity index is 0.000000127. The molecule has 7 heterocycles. The second-order valence-corrected chi connectivity index (χ2v) is 33.6. The van der Waals surface area contributed by atoms with Crippen LogP contribution >= 0.6 is 35.6 Å². The molecule has 12 aliphatic rings. The number of hydrogen-bond donors (Lipinski definition) is 4. The number of guanidine groups is 1. The molecular formula is C83H99ClN20O6S2. The fourth-order valence-electron chi connectivity index (χ4n) is 18.5. The lowest BCUT2D eigenvalue weighted by atomic mass is 9.61. The number of carbonyl (C=O) groups is 3. The van der Waals surface area contributed by atoms with Crippen molar-refractivity contribution in [3.8, 4) is 35.5 Å². The van der Waals surface area contributed by atoms with Gasteiger partial charge in [0.2, 0.25) is 0 Å². The summed E-state index contributed by atoms with van der Waals surface area (Å²) in [6, 6.07) is 19.2. The van der Waals surface area contributed by atoms with E-state index < -0.39 is 16.6 Å². The number of rotatable bonds is 10. The molecule has 3 amide bonds. The van der Waals surface area contributed by atoms with Crippen molar-refractivity contribution < 1.29 is 28.6 Å². The average Bonchev–Trinajstić information content (AvgIpc) is 1.53. The molecule has 0 radical (unpaired) electrons. The van der Waals surface area contributed by atoms with E-state index in [4.69, 9.17) is 53.7 Å². The lowest BCUT2D eigenvalue weighted by molar-refractivity contribution is -0.139. The van der Waals surface area contributed by atoms with Gasteiger partial charge in [-0.2, -0.15) is 0 Å². The highest BCUT2D eigenvalue weighted by Gasteiger charge is 2.69. The lowest BCUT2D eigenvalue weighted by Crippen LogP contribution is -2.56. The minimum Gasteiger partial charge on any atom is -0.381 e. The number of thioether (sulfide) groups is 1. The second kappa shape index (κ2) is 32.0. The van der Waals surface area contributed by atoms with Crippen molar-refractivity contribution in [3.63, 3.8) is 0 Å². The van der Waals surface area contributed by atoms with Gasteiger partial charge in [0, 0.05) is 100 Å². The van der Waals surface area contributed by atoms with Gasteiger partial charge in [-0.25, -0.2) is 9.98 Å². The zero-order chi connectivity index (χ0) is 78.3. The zero-order valence-corrected chi connectivity index (χ0v) is 67.5. The first kappa shape index (κ1) is 78.1. The van der Waals surface area contributed by atoms with Gasteiger partial charge in [-0.15, -0.1) is 52.4 Å². The number of amides is 3. The summed E-state index contributed by atoms with van der Waals surface area (Å²) in [4.78, 5) is 56.6. The van der Waals surface area contributed by atoms with Crippen LogP contribution in [0.15, 0.2) is 89.9 Å². The monoisotopic (exact) mass is 1570 g/mol. The van der Waals surface area contributed by atoms with Gasteiger partial charge in [-0.1, -0.05) is 65.5 Å². The minimum atomic E-state index is -1.03. The minimum absolute atomic E-state index is 0.00517. The molecule has 112 heavy (non-hydrogen) atoms. The van der Waals surface area contributed by atoms with Gasteiger partial charge in [0.1, 0.15) is 37.0 Å². The third-order valence-corrected chi connectivity index (χ3v) is 26.8. The van der Waals surface area contributed by atoms with Crippen molar-refractivity contribution in [1.29, 1.82) is 0 Å². The molecule has 7 fully saturated rings. The number of thiocarbonyl (C=S) groups is 1. The highest BCUT2D eigenvalue weighted by molar-refractivity contribution is 8.13. The highest BCUT2D eigenvalue weighted by atomic mass is 35.5. The van der Waals surface area contributed by atoms with Crippen LogP contribution in [0, 0.1) is 69.5 Å². The van der Waals surface area contributed by atoms with Crippen LogP contribution in [0.4, 0.5) is 0 Å². The zero-order valence-electron chi connectivity index (χ0n) is 65.1. The number of methoxy groups -OCH3 is 3. The van der Waals surface area contributed by atoms with Crippen molar-refractivity contribution in [2.75, 3.05) is 28.4 Å². The van der Waals surface area contributed by atoms with Crippen LogP contribution in [-0.2, 0) is 117 Å². The number of nitrogens with zero attached hydrogens (tertiary/aromatic N) is 16. The van der Waals surface area contributed by atoms with Crippen LogP contribution in [-0.4, -0.2) is 150 Å². The summed E-state index contributed by atoms with van der Waals surface area (Å²) in [5.41, 5.74) is 17.0. The molecule has 4 aromatic heterocycles. The maximum absolute atomic E-state index is 15.0. The van der Waals surface area contributed by atoms with E-state index in [1.165, 1.54) is 74.0 Å². The van der Waals surface area contributed by atoms with Crippen LogP contribution in [0.1, 0.15) is 189 Å². The van der Waals surface area contributed by atoms with Gasteiger partial charge < -0.3 is 54.6 Å². The van der Waals surface area contributed by atoms with E-state index in [0.29, 0.717) is 57.9 Å². The van der Waals surface area contributed by atoms with Gasteiger partial charge in [0.15, 0.2) is 44.5 Å². The SMILES string of the molecule is CN.COC1CCC2(CC1)Cc1ccc(C#CC3CC3)cc1C21N=C(N)N(Cc2nncn2C)C1=O.COC1CCC2(CC1)Cc1ccc(C#CC3CC3)cc1C21N=C(SCc2nncn2C)N(Cc2nncn2C)C1=O.COC1CCC2(CC1)Cc1ccc(C#CC3CC3)cc1C21NC(=S)NC1=O.Cn1cnnc1CCl. The lowest BCUT2D eigenvalue weighted by Gasteiger charge is -2.46. The van der Waals surface area contributed by atoms with E-state index in [2.05, 4.69) is 147 Å². The molecule has 19 rings (SSSR count). The van der Waals surface area contributed by atoms with E-state index in [-0.39, 0.29) is 64.8 Å². The number of aryl methyl sites for hydroxylation is 4. The van der Waals surface area contributed by atoms with E-state index in [1.54, 1.807) is 60.7 Å². The quantitative estimate of drug-likeness (QED) is 0.0566. The van der Waals surface area contributed by atoms with Crippen molar-refractivity contribution >= 4 is 69.5 Å². The molecule has 1 saturated heterocycles. The Hall–Kier alpha value is -9.18. The largest absolute Gasteiger partial charge is 0.381 e. The molecule has 3 aliphatic heterocycles. The Bertz CT molecular complexity index is 5010. The van der Waals surface area contributed by atoms with E-state index in [1.807, 2.05) is 42.2 Å². The number of fused-ring (bicyclic) bond motifs is 9. The number of ether oxygens (including phenoxy) is 3. The van der Waals surface area contributed by atoms with Crippen molar-refractivity contribution in [2.24, 2.45) is 83.6 Å².